The van der Waals surface area contributed by atoms with Crippen molar-refractivity contribution in [3.63, 3.8) is 0 Å². The molecule has 2 rings (SSSR count). The Hall–Kier alpha value is -1.35. The number of benzene rings is 1. The zero-order chi connectivity index (χ0) is 13.2. The van der Waals surface area contributed by atoms with Crippen molar-refractivity contribution >= 4 is 5.97 Å². The van der Waals surface area contributed by atoms with Crippen molar-refractivity contribution in [2.45, 2.75) is 32.7 Å². The summed E-state index contributed by atoms with van der Waals surface area (Å²) in [5, 5.41) is 3.49. The van der Waals surface area contributed by atoms with Crippen LogP contribution in [0.2, 0.25) is 0 Å². The summed E-state index contributed by atoms with van der Waals surface area (Å²) >= 11 is 0. The Morgan fingerprint density at radius 3 is 2.89 bits per heavy atom. The second-order valence-corrected chi connectivity index (χ2v) is 5.58. The highest BCUT2D eigenvalue weighted by Gasteiger charge is 2.38. The van der Waals surface area contributed by atoms with E-state index in [1.165, 1.54) is 18.2 Å². The molecule has 98 valence electrons. The first-order valence-electron chi connectivity index (χ1n) is 6.42. The Morgan fingerprint density at radius 1 is 1.44 bits per heavy atom. The number of esters is 1. The molecule has 0 spiro atoms. The van der Waals surface area contributed by atoms with Gasteiger partial charge in [-0.15, -0.1) is 0 Å². The van der Waals surface area contributed by atoms with E-state index in [-0.39, 0.29) is 11.4 Å². The monoisotopic (exact) mass is 247 g/mol. The Labute approximate surface area is 109 Å². The summed E-state index contributed by atoms with van der Waals surface area (Å²) in [6.45, 7) is 5.20. The lowest BCUT2D eigenvalue weighted by Crippen LogP contribution is -2.32. The van der Waals surface area contributed by atoms with Gasteiger partial charge in [0.25, 0.3) is 0 Å². The Kier molecular flexibility index (Phi) is 3.71. The smallest absolute Gasteiger partial charge is 0.306 e. The number of ether oxygens (including phenoxy) is 1. The molecule has 1 N–H and O–H groups in total. The van der Waals surface area contributed by atoms with Gasteiger partial charge in [-0.3, -0.25) is 4.79 Å². The van der Waals surface area contributed by atoms with Crippen molar-refractivity contribution in [2.75, 3.05) is 13.7 Å². The summed E-state index contributed by atoms with van der Waals surface area (Å²) in [5.41, 5.74) is 2.98. The van der Waals surface area contributed by atoms with Crippen molar-refractivity contribution in [1.29, 1.82) is 0 Å². The summed E-state index contributed by atoms with van der Waals surface area (Å²) in [4.78, 5) is 11.1. The van der Waals surface area contributed by atoms with Gasteiger partial charge in [-0.25, -0.2) is 0 Å². The van der Waals surface area contributed by atoms with E-state index in [9.17, 15) is 4.79 Å². The van der Waals surface area contributed by atoms with Gasteiger partial charge in [0.2, 0.25) is 0 Å². The fraction of sp³-hybridized carbons (Fsp3) is 0.533. The minimum Gasteiger partial charge on any atom is -0.469 e. The average molecular weight is 247 g/mol. The van der Waals surface area contributed by atoms with Crippen molar-refractivity contribution in [2.24, 2.45) is 5.41 Å². The highest BCUT2D eigenvalue weighted by Crippen LogP contribution is 2.44. The van der Waals surface area contributed by atoms with Crippen LogP contribution in [0.5, 0.6) is 0 Å². The highest BCUT2D eigenvalue weighted by atomic mass is 16.5. The number of hydrogen-bond donors (Lipinski definition) is 1. The van der Waals surface area contributed by atoms with E-state index >= 15 is 0 Å². The number of rotatable bonds is 4. The molecule has 0 saturated carbocycles. The lowest BCUT2D eigenvalue weighted by molar-refractivity contribution is -0.140. The summed E-state index contributed by atoms with van der Waals surface area (Å²) < 4.78 is 4.66. The maximum atomic E-state index is 11.1. The molecule has 0 saturated heterocycles. The summed E-state index contributed by atoms with van der Waals surface area (Å²) in [7, 11) is 1.43. The quantitative estimate of drug-likeness (QED) is 0.831. The molecule has 0 heterocycles. The Bertz CT molecular complexity index is 440. The van der Waals surface area contributed by atoms with Crippen molar-refractivity contribution in [3.05, 3.63) is 35.4 Å². The van der Waals surface area contributed by atoms with Gasteiger partial charge in [-0.05, 0) is 23.0 Å². The topological polar surface area (TPSA) is 38.3 Å². The number of methoxy groups -OCH3 is 1. The number of hydrogen-bond acceptors (Lipinski definition) is 3. The Morgan fingerprint density at radius 2 is 2.17 bits per heavy atom. The third-order valence-electron chi connectivity index (χ3n) is 3.70. The van der Waals surface area contributed by atoms with Gasteiger partial charge in [-0.1, -0.05) is 38.1 Å². The van der Waals surface area contributed by atoms with E-state index in [0.29, 0.717) is 19.0 Å². The standard InChI is InChI=1S/C15H21NO2/c1-15(2)10-11-6-4-5-7-12(11)14(15)16-9-8-13(17)18-3/h4-7,14,16H,8-10H2,1-3H3. The van der Waals surface area contributed by atoms with Crippen LogP contribution < -0.4 is 5.32 Å². The largest absolute Gasteiger partial charge is 0.469 e. The molecule has 0 bridgehead atoms. The summed E-state index contributed by atoms with van der Waals surface area (Å²) in [5.74, 6) is -0.161. The van der Waals surface area contributed by atoms with Gasteiger partial charge in [0.15, 0.2) is 0 Å². The van der Waals surface area contributed by atoms with Gasteiger partial charge in [0.05, 0.1) is 13.5 Å². The average Bonchev–Trinajstić information content (AvgIpc) is 2.60. The molecule has 3 heteroatoms. The normalized spacial score (nSPS) is 20.5. The van der Waals surface area contributed by atoms with Crippen LogP contribution in [0.4, 0.5) is 0 Å². The molecule has 1 aromatic carbocycles. The second-order valence-electron chi connectivity index (χ2n) is 5.58. The predicted octanol–water partition coefficient (Wildman–Crippen LogP) is 2.46. The molecule has 0 fully saturated rings. The summed E-state index contributed by atoms with van der Waals surface area (Å²) in [6.07, 6.45) is 1.50. The maximum absolute atomic E-state index is 11.1. The van der Waals surface area contributed by atoms with E-state index < -0.39 is 0 Å². The number of carbonyl (C=O) groups is 1. The van der Waals surface area contributed by atoms with Gasteiger partial charge >= 0.3 is 5.97 Å². The zero-order valence-electron chi connectivity index (χ0n) is 11.3. The fourth-order valence-corrected chi connectivity index (χ4v) is 2.80. The van der Waals surface area contributed by atoms with Crippen LogP contribution in [0, 0.1) is 5.41 Å². The maximum Gasteiger partial charge on any atom is 0.306 e. The minimum atomic E-state index is -0.161. The third kappa shape index (κ3) is 2.56. The van der Waals surface area contributed by atoms with Gasteiger partial charge in [0, 0.05) is 12.6 Å². The molecule has 1 aliphatic rings. The first kappa shape index (κ1) is 13.1. The van der Waals surface area contributed by atoms with Crippen LogP contribution in [0.25, 0.3) is 0 Å². The van der Waals surface area contributed by atoms with E-state index in [4.69, 9.17) is 0 Å². The zero-order valence-corrected chi connectivity index (χ0v) is 11.3. The fourth-order valence-electron chi connectivity index (χ4n) is 2.80. The first-order valence-corrected chi connectivity index (χ1v) is 6.42. The van der Waals surface area contributed by atoms with E-state index in [1.54, 1.807) is 0 Å². The number of carbonyl (C=O) groups excluding carboxylic acids is 1. The molecular weight excluding hydrogens is 226 g/mol. The lowest BCUT2D eigenvalue weighted by Gasteiger charge is -2.28. The van der Waals surface area contributed by atoms with Crippen molar-refractivity contribution < 1.29 is 9.53 Å². The van der Waals surface area contributed by atoms with Crippen molar-refractivity contribution in [3.8, 4) is 0 Å². The molecule has 0 aliphatic heterocycles. The molecular formula is C15H21NO2. The molecule has 0 radical (unpaired) electrons. The molecule has 3 nitrogen and oxygen atoms in total. The van der Waals surface area contributed by atoms with Crippen LogP contribution in [-0.4, -0.2) is 19.6 Å². The molecule has 1 aromatic rings. The molecule has 18 heavy (non-hydrogen) atoms. The molecule has 0 amide bonds. The van der Waals surface area contributed by atoms with Gasteiger partial charge < -0.3 is 10.1 Å². The van der Waals surface area contributed by atoms with Crippen molar-refractivity contribution in [1.82, 2.24) is 5.32 Å². The van der Waals surface area contributed by atoms with Gasteiger partial charge in [0.1, 0.15) is 0 Å². The van der Waals surface area contributed by atoms with Crippen LogP contribution in [-0.2, 0) is 16.0 Å². The molecule has 1 aliphatic carbocycles. The highest BCUT2D eigenvalue weighted by molar-refractivity contribution is 5.69. The number of fused-ring (bicyclic) bond motifs is 1. The van der Waals surface area contributed by atoms with E-state index in [2.05, 4.69) is 48.2 Å². The Balaban J connectivity index is 2.04. The minimum absolute atomic E-state index is 0.161. The lowest BCUT2D eigenvalue weighted by atomic mass is 9.85. The van der Waals surface area contributed by atoms with Gasteiger partial charge in [-0.2, -0.15) is 0 Å². The van der Waals surface area contributed by atoms with Crippen LogP contribution >= 0.6 is 0 Å². The summed E-state index contributed by atoms with van der Waals surface area (Å²) in [6, 6.07) is 8.86. The molecule has 1 atom stereocenters. The predicted molar refractivity (Wildman–Crippen MR) is 71.3 cm³/mol. The molecule has 0 aromatic heterocycles. The van der Waals surface area contributed by atoms with Crippen LogP contribution in [0.3, 0.4) is 0 Å². The van der Waals surface area contributed by atoms with E-state index in [1.807, 2.05) is 0 Å². The van der Waals surface area contributed by atoms with E-state index in [0.717, 1.165) is 6.42 Å². The SMILES string of the molecule is COC(=O)CCNC1c2ccccc2CC1(C)C. The number of nitrogens with one attached hydrogen (secondary N) is 1. The van der Waals surface area contributed by atoms with Crippen LogP contribution in [0.15, 0.2) is 24.3 Å². The third-order valence-corrected chi connectivity index (χ3v) is 3.70. The second kappa shape index (κ2) is 5.11. The first-order chi connectivity index (χ1) is 8.54. The molecule has 1 unspecified atom stereocenters. The van der Waals surface area contributed by atoms with Crippen LogP contribution in [0.1, 0.15) is 37.4 Å².